The fourth-order valence-corrected chi connectivity index (χ4v) is 3.26. The average Bonchev–Trinajstić information content (AvgIpc) is 2.99. The first-order valence-corrected chi connectivity index (χ1v) is 8.10. The van der Waals surface area contributed by atoms with E-state index >= 15 is 0 Å². The summed E-state index contributed by atoms with van der Waals surface area (Å²) in [6, 6.07) is 0. The minimum atomic E-state index is -0.0718. The van der Waals surface area contributed by atoms with E-state index in [1.54, 1.807) is 4.57 Å². The lowest BCUT2D eigenvalue weighted by Gasteiger charge is -2.21. The van der Waals surface area contributed by atoms with E-state index in [2.05, 4.69) is 28.9 Å². The number of aromatic nitrogens is 3. The highest BCUT2D eigenvalue weighted by atomic mass is 32.1. The molecule has 1 atom stereocenters. The molecule has 0 aliphatic carbocycles. The van der Waals surface area contributed by atoms with Crippen LogP contribution in [0.5, 0.6) is 0 Å². The Kier molecular flexibility index (Phi) is 5.92. The third kappa shape index (κ3) is 4.12. The summed E-state index contributed by atoms with van der Waals surface area (Å²) in [7, 11) is 4.05. The lowest BCUT2D eigenvalue weighted by atomic mass is 10.1. The van der Waals surface area contributed by atoms with Crippen LogP contribution >= 0.6 is 12.2 Å². The molecular weight excluding hydrogens is 286 g/mol. The molecule has 1 unspecified atom stereocenters. The van der Waals surface area contributed by atoms with Gasteiger partial charge in [-0.05, 0) is 44.6 Å². The molecule has 1 saturated heterocycles. The summed E-state index contributed by atoms with van der Waals surface area (Å²) in [5, 5.41) is 13.6. The number of hydrogen-bond acceptors (Lipinski definition) is 5. The molecule has 120 valence electrons. The van der Waals surface area contributed by atoms with Crippen LogP contribution in [0.4, 0.5) is 0 Å². The van der Waals surface area contributed by atoms with Crippen LogP contribution in [0.15, 0.2) is 0 Å². The first kappa shape index (κ1) is 16.6. The van der Waals surface area contributed by atoms with Gasteiger partial charge in [0.15, 0.2) is 10.6 Å². The van der Waals surface area contributed by atoms with Crippen LogP contribution in [0.25, 0.3) is 0 Å². The molecule has 0 aromatic carbocycles. The normalized spacial score (nSPS) is 19.8. The van der Waals surface area contributed by atoms with E-state index in [0.717, 1.165) is 25.7 Å². The Labute approximate surface area is 132 Å². The van der Waals surface area contributed by atoms with Gasteiger partial charge < -0.3 is 14.6 Å². The van der Waals surface area contributed by atoms with E-state index in [9.17, 15) is 5.11 Å². The molecule has 1 N–H and O–H groups in total. The topological polar surface area (TPSA) is 49.5 Å². The van der Waals surface area contributed by atoms with Gasteiger partial charge in [0.2, 0.25) is 0 Å². The molecule has 1 aromatic heterocycles. The first-order chi connectivity index (χ1) is 10.0. The van der Waals surface area contributed by atoms with Crippen molar-refractivity contribution in [3.05, 3.63) is 10.6 Å². The molecule has 1 aliphatic heterocycles. The van der Waals surface area contributed by atoms with E-state index in [1.807, 2.05) is 11.7 Å². The molecule has 0 spiro atoms. The minimum Gasteiger partial charge on any atom is -0.388 e. The second-order valence-corrected chi connectivity index (χ2v) is 6.42. The number of aliphatic hydroxyl groups excluding tert-OH is 1. The molecule has 0 bridgehead atoms. The Bertz CT molecular complexity index is 512. The summed E-state index contributed by atoms with van der Waals surface area (Å²) >= 11 is 5.37. The zero-order valence-electron chi connectivity index (χ0n) is 13.3. The van der Waals surface area contributed by atoms with Gasteiger partial charge in [-0.3, -0.25) is 4.90 Å². The molecule has 2 rings (SSSR count). The molecule has 1 fully saturated rings. The van der Waals surface area contributed by atoms with Crippen molar-refractivity contribution in [2.45, 2.75) is 33.0 Å². The van der Waals surface area contributed by atoms with E-state index in [-0.39, 0.29) is 6.61 Å². The fraction of sp³-hybridized carbons (Fsp3) is 0.857. The quantitative estimate of drug-likeness (QED) is 0.763. The van der Waals surface area contributed by atoms with E-state index in [1.165, 1.54) is 25.9 Å². The van der Waals surface area contributed by atoms with Gasteiger partial charge in [0.1, 0.15) is 6.61 Å². The number of hydrogen-bond donors (Lipinski definition) is 1. The van der Waals surface area contributed by atoms with E-state index in [4.69, 9.17) is 12.2 Å². The van der Waals surface area contributed by atoms with Crippen LogP contribution in [0.1, 0.15) is 25.6 Å². The van der Waals surface area contributed by atoms with Gasteiger partial charge in [0, 0.05) is 26.7 Å². The molecule has 1 aliphatic rings. The maximum absolute atomic E-state index is 9.25. The summed E-state index contributed by atoms with van der Waals surface area (Å²) in [5.41, 5.74) is 0. The second kappa shape index (κ2) is 7.49. The van der Waals surface area contributed by atoms with Gasteiger partial charge in [-0.15, -0.1) is 0 Å². The standard InChI is InChI=1S/C14H27N5OS/c1-4-6-16(2)8-12-5-7-18(9-12)11-19-14(21)17(3)13(10-20)15-19/h12,20H,4-11H2,1-3H3. The predicted molar refractivity (Wildman–Crippen MR) is 85.4 cm³/mol. The van der Waals surface area contributed by atoms with Crippen LogP contribution in [-0.4, -0.2) is 62.5 Å². The zero-order valence-corrected chi connectivity index (χ0v) is 14.1. The largest absolute Gasteiger partial charge is 0.388 e. The highest BCUT2D eigenvalue weighted by Gasteiger charge is 2.24. The van der Waals surface area contributed by atoms with Crippen molar-refractivity contribution in [2.24, 2.45) is 13.0 Å². The van der Waals surface area contributed by atoms with Crippen molar-refractivity contribution in [3.63, 3.8) is 0 Å². The van der Waals surface area contributed by atoms with Crippen LogP contribution < -0.4 is 0 Å². The molecule has 1 aromatic rings. The lowest BCUT2D eigenvalue weighted by molar-refractivity contribution is 0.223. The minimum absolute atomic E-state index is 0.0718. The lowest BCUT2D eigenvalue weighted by Crippen LogP contribution is -2.30. The van der Waals surface area contributed by atoms with Crippen molar-refractivity contribution < 1.29 is 5.11 Å². The van der Waals surface area contributed by atoms with Gasteiger partial charge >= 0.3 is 0 Å². The third-order valence-electron chi connectivity index (χ3n) is 4.15. The number of aliphatic hydroxyl groups is 1. The maximum atomic E-state index is 9.25. The Morgan fingerprint density at radius 3 is 2.86 bits per heavy atom. The van der Waals surface area contributed by atoms with Crippen molar-refractivity contribution in [1.29, 1.82) is 0 Å². The Morgan fingerprint density at radius 2 is 2.24 bits per heavy atom. The highest BCUT2D eigenvalue weighted by Crippen LogP contribution is 2.18. The summed E-state index contributed by atoms with van der Waals surface area (Å²) in [5.74, 6) is 1.36. The molecule has 0 amide bonds. The molecule has 0 radical (unpaired) electrons. The van der Waals surface area contributed by atoms with Crippen molar-refractivity contribution in [1.82, 2.24) is 24.1 Å². The van der Waals surface area contributed by atoms with Crippen molar-refractivity contribution in [3.8, 4) is 0 Å². The molecule has 7 heteroatoms. The smallest absolute Gasteiger partial charge is 0.198 e. The second-order valence-electron chi connectivity index (χ2n) is 6.05. The van der Waals surface area contributed by atoms with E-state index < -0.39 is 0 Å². The summed E-state index contributed by atoms with van der Waals surface area (Å²) < 4.78 is 4.27. The zero-order chi connectivity index (χ0) is 15.4. The Morgan fingerprint density at radius 1 is 1.48 bits per heavy atom. The molecular formula is C14H27N5OS. The average molecular weight is 313 g/mol. The molecule has 2 heterocycles. The summed E-state index contributed by atoms with van der Waals surface area (Å²) in [4.78, 5) is 4.82. The van der Waals surface area contributed by atoms with Gasteiger partial charge in [-0.25, -0.2) is 4.68 Å². The van der Waals surface area contributed by atoms with Crippen molar-refractivity contribution in [2.75, 3.05) is 33.2 Å². The Balaban J connectivity index is 1.89. The number of likely N-dealkylation sites (tertiary alicyclic amines) is 1. The fourth-order valence-electron chi connectivity index (χ4n) is 3.06. The summed E-state index contributed by atoms with van der Waals surface area (Å²) in [6.07, 6.45) is 2.45. The van der Waals surface area contributed by atoms with Gasteiger partial charge in [-0.1, -0.05) is 6.92 Å². The SMILES string of the molecule is CCCN(C)CC1CCN(Cn2nc(CO)n(C)c2=S)C1. The highest BCUT2D eigenvalue weighted by molar-refractivity contribution is 7.71. The third-order valence-corrected chi connectivity index (χ3v) is 4.64. The molecule has 6 nitrogen and oxygen atoms in total. The van der Waals surface area contributed by atoms with Crippen LogP contribution in [0.3, 0.4) is 0 Å². The van der Waals surface area contributed by atoms with Crippen LogP contribution in [0.2, 0.25) is 0 Å². The number of nitrogens with zero attached hydrogens (tertiary/aromatic N) is 5. The predicted octanol–water partition coefficient (Wildman–Crippen LogP) is 1.06. The van der Waals surface area contributed by atoms with E-state index in [0.29, 0.717) is 10.6 Å². The Hall–Kier alpha value is -0.760. The van der Waals surface area contributed by atoms with Gasteiger partial charge in [0.25, 0.3) is 0 Å². The molecule has 21 heavy (non-hydrogen) atoms. The first-order valence-electron chi connectivity index (χ1n) is 7.69. The summed E-state index contributed by atoms with van der Waals surface area (Å²) in [6.45, 7) is 7.40. The van der Waals surface area contributed by atoms with Crippen LogP contribution in [0, 0.1) is 10.7 Å². The van der Waals surface area contributed by atoms with Crippen molar-refractivity contribution >= 4 is 12.2 Å². The van der Waals surface area contributed by atoms with Gasteiger partial charge in [-0.2, -0.15) is 5.10 Å². The monoisotopic (exact) mass is 313 g/mol. The maximum Gasteiger partial charge on any atom is 0.198 e. The molecule has 0 saturated carbocycles. The number of rotatable bonds is 7. The van der Waals surface area contributed by atoms with Crippen LogP contribution in [-0.2, 0) is 20.3 Å². The van der Waals surface area contributed by atoms with Gasteiger partial charge in [0.05, 0.1) is 6.67 Å².